The normalized spacial score (nSPS) is 17.8. The molecule has 0 radical (unpaired) electrons. The van der Waals surface area contributed by atoms with E-state index >= 15 is 0 Å². The predicted molar refractivity (Wildman–Crippen MR) is 83.8 cm³/mol. The van der Waals surface area contributed by atoms with E-state index in [9.17, 15) is 0 Å². The molecule has 0 fully saturated rings. The van der Waals surface area contributed by atoms with Gasteiger partial charge in [-0.15, -0.1) is 0 Å². The lowest BCUT2D eigenvalue weighted by Gasteiger charge is -2.33. The summed E-state index contributed by atoms with van der Waals surface area (Å²) in [6.07, 6.45) is 5.30. The zero-order chi connectivity index (χ0) is 15.5. The van der Waals surface area contributed by atoms with Crippen molar-refractivity contribution in [3.05, 3.63) is 66.5 Å². The summed E-state index contributed by atoms with van der Waals surface area (Å²) < 4.78 is 13.4. The van der Waals surface area contributed by atoms with Crippen LogP contribution in [-0.4, -0.2) is 32.8 Å². The van der Waals surface area contributed by atoms with Gasteiger partial charge in [-0.2, -0.15) is 5.10 Å². The van der Waals surface area contributed by atoms with E-state index in [0.29, 0.717) is 12.5 Å². The van der Waals surface area contributed by atoms with Gasteiger partial charge in [0.2, 0.25) is 5.88 Å². The zero-order valence-corrected chi connectivity index (χ0v) is 12.7. The van der Waals surface area contributed by atoms with Crippen molar-refractivity contribution in [2.24, 2.45) is 0 Å². The van der Waals surface area contributed by atoms with E-state index in [2.05, 4.69) is 25.7 Å². The lowest BCUT2D eigenvalue weighted by molar-refractivity contribution is 0.119. The molecule has 118 valence electrons. The van der Waals surface area contributed by atoms with Crippen LogP contribution in [0.3, 0.4) is 0 Å². The van der Waals surface area contributed by atoms with Gasteiger partial charge in [-0.25, -0.2) is 4.98 Å². The van der Waals surface area contributed by atoms with Crippen molar-refractivity contribution in [2.75, 3.05) is 13.2 Å². The van der Waals surface area contributed by atoms with Crippen LogP contribution in [0.5, 0.6) is 5.88 Å². The van der Waals surface area contributed by atoms with E-state index < -0.39 is 0 Å². The first-order valence-corrected chi connectivity index (χ1v) is 7.69. The third kappa shape index (κ3) is 3.12. The summed E-state index contributed by atoms with van der Waals surface area (Å²) in [5, 5.41) is 4.45. The maximum absolute atomic E-state index is 5.83. The van der Waals surface area contributed by atoms with Crippen molar-refractivity contribution in [3.8, 4) is 5.88 Å². The molecule has 6 heteroatoms. The SMILES string of the molecule is c1ccc(OC[C@H]2CN(Cc3ccco3)Cc3ccnn32)nc1. The maximum atomic E-state index is 5.83. The molecule has 1 aliphatic heterocycles. The van der Waals surface area contributed by atoms with Crippen molar-refractivity contribution in [1.29, 1.82) is 0 Å². The van der Waals surface area contributed by atoms with Gasteiger partial charge in [-0.1, -0.05) is 6.07 Å². The molecule has 1 aliphatic rings. The topological polar surface area (TPSA) is 56.3 Å². The average molecular weight is 310 g/mol. The Hall–Kier alpha value is -2.60. The molecule has 0 saturated heterocycles. The number of nitrogens with zero attached hydrogens (tertiary/aromatic N) is 4. The van der Waals surface area contributed by atoms with Crippen molar-refractivity contribution in [1.82, 2.24) is 19.7 Å². The number of rotatable bonds is 5. The van der Waals surface area contributed by atoms with Gasteiger partial charge in [0, 0.05) is 31.5 Å². The van der Waals surface area contributed by atoms with Crippen LogP contribution in [0.4, 0.5) is 0 Å². The lowest BCUT2D eigenvalue weighted by Crippen LogP contribution is -2.39. The maximum Gasteiger partial charge on any atom is 0.213 e. The molecule has 3 aromatic heterocycles. The molecule has 0 spiro atoms. The van der Waals surface area contributed by atoms with Crippen LogP contribution in [-0.2, 0) is 13.1 Å². The Morgan fingerprint density at radius 3 is 3.00 bits per heavy atom. The Labute approximate surface area is 134 Å². The number of hydrogen-bond donors (Lipinski definition) is 0. The third-order valence-electron chi connectivity index (χ3n) is 3.97. The molecule has 0 bridgehead atoms. The second-order valence-corrected chi connectivity index (χ2v) is 5.65. The first-order valence-electron chi connectivity index (χ1n) is 7.69. The van der Waals surface area contributed by atoms with Gasteiger partial charge in [-0.05, 0) is 24.3 Å². The lowest BCUT2D eigenvalue weighted by atomic mass is 10.2. The minimum atomic E-state index is 0.158. The monoisotopic (exact) mass is 310 g/mol. The molecule has 0 N–H and O–H groups in total. The minimum Gasteiger partial charge on any atom is -0.475 e. The second-order valence-electron chi connectivity index (χ2n) is 5.65. The van der Waals surface area contributed by atoms with E-state index in [0.717, 1.165) is 25.4 Å². The van der Waals surface area contributed by atoms with Crippen molar-refractivity contribution >= 4 is 0 Å². The molecule has 0 unspecified atom stereocenters. The predicted octanol–water partition coefficient (Wildman–Crippen LogP) is 2.51. The van der Waals surface area contributed by atoms with Gasteiger partial charge in [0.1, 0.15) is 12.4 Å². The smallest absolute Gasteiger partial charge is 0.213 e. The highest BCUT2D eigenvalue weighted by molar-refractivity contribution is 5.10. The number of furan rings is 1. The van der Waals surface area contributed by atoms with Gasteiger partial charge in [0.05, 0.1) is 24.5 Å². The fourth-order valence-electron chi connectivity index (χ4n) is 2.95. The van der Waals surface area contributed by atoms with Crippen LogP contribution in [0.15, 0.2) is 59.5 Å². The molecule has 0 saturated carbocycles. The summed E-state index contributed by atoms with van der Waals surface area (Å²) >= 11 is 0. The van der Waals surface area contributed by atoms with Crippen LogP contribution in [0.2, 0.25) is 0 Å². The molecule has 23 heavy (non-hydrogen) atoms. The van der Waals surface area contributed by atoms with E-state index in [1.807, 2.05) is 36.5 Å². The summed E-state index contributed by atoms with van der Waals surface area (Å²) in [7, 11) is 0. The Morgan fingerprint density at radius 1 is 1.17 bits per heavy atom. The van der Waals surface area contributed by atoms with Crippen LogP contribution >= 0.6 is 0 Å². The van der Waals surface area contributed by atoms with E-state index in [1.54, 1.807) is 12.5 Å². The Morgan fingerprint density at radius 2 is 2.17 bits per heavy atom. The van der Waals surface area contributed by atoms with Gasteiger partial charge >= 0.3 is 0 Å². The number of ether oxygens (including phenoxy) is 1. The highest BCUT2D eigenvalue weighted by Gasteiger charge is 2.26. The molecule has 0 aliphatic carbocycles. The van der Waals surface area contributed by atoms with Gasteiger partial charge in [0.25, 0.3) is 0 Å². The summed E-state index contributed by atoms with van der Waals surface area (Å²) in [6.45, 7) is 3.06. The van der Waals surface area contributed by atoms with Crippen LogP contribution < -0.4 is 4.74 Å². The molecule has 4 heterocycles. The first kappa shape index (κ1) is 14.0. The van der Waals surface area contributed by atoms with E-state index in [-0.39, 0.29) is 6.04 Å². The van der Waals surface area contributed by atoms with Crippen LogP contribution in [0.25, 0.3) is 0 Å². The van der Waals surface area contributed by atoms with Crippen LogP contribution in [0.1, 0.15) is 17.5 Å². The zero-order valence-electron chi connectivity index (χ0n) is 12.7. The third-order valence-corrected chi connectivity index (χ3v) is 3.97. The molecule has 3 aromatic rings. The first-order chi connectivity index (χ1) is 11.4. The Kier molecular flexibility index (Phi) is 3.81. The van der Waals surface area contributed by atoms with Crippen molar-refractivity contribution < 1.29 is 9.15 Å². The quantitative estimate of drug-likeness (QED) is 0.725. The largest absolute Gasteiger partial charge is 0.475 e. The molecule has 4 rings (SSSR count). The Bertz CT molecular complexity index is 739. The molecular weight excluding hydrogens is 292 g/mol. The molecule has 1 atom stereocenters. The number of aromatic nitrogens is 3. The van der Waals surface area contributed by atoms with E-state index in [1.165, 1.54) is 5.69 Å². The summed E-state index contributed by atoms with van der Waals surface area (Å²) in [4.78, 5) is 6.56. The fraction of sp³-hybridized carbons (Fsp3) is 0.294. The number of pyridine rings is 1. The second kappa shape index (κ2) is 6.26. The highest BCUT2D eigenvalue weighted by atomic mass is 16.5. The molecule has 0 aromatic carbocycles. The summed E-state index contributed by atoms with van der Waals surface area (Å²) in [6, 6.07) is 11.8. The molecular formula is C17H18N4O2. The standard InChI is InChI=1S/C17H18N4O2/c1-2-7-18-17(5-1)23-13-15-11-20(12-16-4-3-9-22-16)10-14-6-8-19-21(14)15/h1-9,15H,10-13H2/t15-/m1/s1. The molecule has 6 nitrogen and oxygen atoms in total. The average Bonchev–Trinajstić information content (AvgIpc) is 3.25. The van der Waals surface area contributed by atoms with E-state index in [4.69, 9.17) is 9.15 Å². The van der Waals surface area contributed by atoms with Gasteiger partial charge in [0.15, 0.2) is 0 Å². The van der Waals surface area contributed by atoms with Crippen LogP contribution in [0, 0.1) is 0 Å². The highest BCUT2D eigenvalue weighted by Crippen LogP contribution is 2.22. The summed E-state index contributed by atoms with van der Waals surface area (Å²) in [5.74, 6) is 1.62. The van der Waals surface area contributed by atoms with Gasteiger partial charge < -0.3 is 9.15 Å². The minimum absolute atomic E-state index is 0.158. The Balaban J connectivity index is 1.47. The van der Waals surface area contributed by atoms with Crippen molar-refractivity contribution in [2.45, 2.75) is 19.1 Å². The van der Waals surface area contributed by atoms with Gasteiger partial charge in [-0.3, -0.25) is 9.58 Å². The number of fused-ring (bicyclic) bond motifs is 1. The molecule has 0 amide bonds. The van der Waals surface area contributed by atoms with Crippen molar-refractivity contribution in [3.63, 3.8) is 0 Å². The summed E-state index contributed by atoms with van der Waals surface area (Å²) in [5.41, 5.74) is 1.19. The number of hydrogen-bond acceptors (Lipinski definition) is 5. The fourth-order valence-corrected chi connectivity index (χ4v) is 2.95.